The maximum absolute atomic E-state index is 5.64. The monoisotopic (exact) mass is 356 g/mol. The lowest BCUT2D eigenvalue weighted by atomic mass is 10.1. The second-order valence-corrected chi connectivity index (χ2v) is 7.78. The lowest BCUT2D eigenvalue weighted by Gasteiger charge is -2.29. The van der Waals surface area contributed by atoms with E-state index in [0.29, 0.717) is 0 Å². The second kappa shape index (κ2) is 6.75. The van der Waals surface area contributed by atoms with Crippen LogP contribution in [0, 0.1) is 6.92 Å². The van der Waals surface area contributed by atoms with Gasteiger partial charge in [0.05, 0.1) is 29.6 Å². The van der Waals surface area contributed by atoms with E-state index in [1.54, 1.807) is 0 Å². The van der Waals surface area contributed by atoms with Crippen LogP contribution in [0.1, 0.15) is 11.1 Å². The minimum Gasteiger partial charge on any atom is -0.378 e. The summed E-state index contributed by atoms with van der Waals surface area (Å²) in [6, 6.07) is 13.2. The Hall–Kier alpha value is -1.56. The molecule has 3 nitrogen and oxygen atoms in total. The molecule has 2 aromatic carbocycles. The van der Waals surface area contributed by atoms with E-state index in [1.165, 1.54) is 32.3 Å². The van der Waals surface area contributed by atoms with E-state index in [9.17, 15) is 0 Å². The molecule has 2 aromatic rings. The molecule has 2 aliphatic heterocycles. The number of nitrogens with zero attached hydrogens (tertiary/aromatic N) is 1. The molecule has 1 saturated heterocycles. The van der Waals surface area contributed by atoms with E-state index in [-0.39, 0.29) is 0 Å². The molecular formula is C19H20N2OS2. The van der Waals surface area contributed by atoms with Gasteiger partial charge in [-0.3, -0.25) is 0 Å². The van der Waals surface area contributed by atoms with E-state index in [2.05, 4.69) is 53.5 Å². The number of benzene rings is 2. The number of rotatable bonds is 2. The highest BCUT2D eigenvalue weighted by molar-refractivity contribution is 7.99. The van der Waals surface area contributed by atoms with Gasteiger partial charge in [-0.15, -0.1) is 0 Å². The molecule has 0 atom stereocenters. The van der Waals surface area contributed by atoms with Gasteiger partial charge >= 0.3 is 0 Å². The zero-order valence-electron chi connectivity index (χ0n) is 13.7. The predicted octanol–water partition coefficient (Wildman–Crippen LogP) is 4.41. The third-order valence-corrected chi connectivity index (χ3v) is 5.94. The predicted molar refractivity (Wildman–Crippen MR) is 104 cm³/mol. The minimum absolute atomic E-state index is 0.776. The molecule has 24 heavy (non-hydrogen) atoms. The number of ether oxygens (including phenoxy) is 1. The topological polar surface area (TPSA) is 24.5 Å². The largest absolute Gasteiger partial charge is 0.378 e. The van der Waals surface area contributed by atoms with Crippen molar-refractivity contribution in [3.8, 4) is 0 Å². The Labute approximate surface area is 152 Å². The third-order valence-electron chi connectivity index (χ3n) is 4.39. The van der Waals surface area contributed by atoms with Crippen molar-refractivity contribution < 1.29 is 4.74 Å². The summed E-state index contributed by atoms with van der Waals surface area (Å²) in [5, 5.41) is 3.58. The van der Waals surface area contributed by atoms with Gasteiger partial charge in [0.25, 0.3) is 0 Å². The average Bonchev–Trinajstić information content (AvgIpc) is 2.60. The highest BCUT2D eigenvalue weighted by Crippen LogP contribution is 2.44. The van der Waals surface area contributed by atoms with Crippen molar-refractivity contribution >= 4 is 40.3 Å². The number of nitrogens with one attached hydrogen (secondary N) is 1. The van der Waals surface area contributed by atoms with E-state index >= 15 is 0 Å². The summed E-state index contributed by atoms with van der Waals surface area (Å²) in [5.41, 5.74) is 4.91. The molecule has 0 saturated carbocycles. The molecular weight excluding hydrogens is 336 g/mol. The zero-order chi connectivity index (χ0) is 16.5. The summed E-state index contributed by atoms with van der Waals surface area (Å²) < 4.78 is 5.40. The Morgan fingerprint density at radius 2 is 1.83 bits per heavy atom. The number of hydrogen-bond donors (Lipinski definition) is 1. The molecule has 0 spiro atoms. The molecule has 124 valence electrons. The lowest BCUT2D eigenvalue weighted by Crippen LogP contribution is -2.40. The normalized spacial score (nSPS) is 16.1. The summed E-state index contributed by atoms with van der Waals surface area (Å²) in [4.78, 5) is 5.83. The maximum Gasteiger partial charge on any atom is 0.0825 e. The van der Waals surface area contributed by atoms with Crippen LogP contribution in [0.5, 0.6) is 0 Å². The Morgan fingerprint density at radius 1 is 1.12 bits per heavy atom. The first-order valence-corrected chi connectivity index (χ1v) is 9.45. The standard InChI is InChI=1S/C19H20N2OS2/c1-13-2-4-17-15(10-13)20-16-11-14(3-5-18(16)24-17)12-19(23)21-6-8-22-9-7-21/h2-5,10-11,20H,6-9,12H2,1H3. The van der Waals surface area contributed by atoms with Crippen molar-refractivity contribution in [3.05, 3.63) is 47.5 Å². The van der Waals surface area contributed by atoms with Crippen molar-refractivity contribution in [1.29, 1.82) is 0 Å². The molecule has 1 fully saturated rings. The van der Waals surface area contributed by atoms with Crippen LogP contribution >= 0.6 is 24.0 Å². The third kappa shape index (κ3) is 3.29. The van der Waals surface area contributed by atoms with Crippen LogP contribution in [0.2, 0.25) is 0 Å². The van der Waals surface area contributed by atoms with Crippen molar-refractivity contribution in [2.24, 2.45) is 0 Å². The first-order chi connectivity index (χ1) is 11.7. The SMILES string of the molecule is Cc1ccc2c(c1)Nc1cc(CC(=S)N3CCOCC3)ccc1S2. The van der Waals surface area contributed by atoms with Gasteiger partial charge in [0.2, 0.25) is 0 Å². The van der Waals surface area contributed by atoms with Crippen molar-refractivity contribution in [2.75, 3.05) is 31.6 Å². The molecule has 0 aliphatic carbocycles. The van der Waals surface area contributed by atoms with Crippen LogP contribution in [0.3, 0.4) is 0 Å². The molecule has 1 N–H and O–H groups in total. The summed E-state index contributed by atoms with van der Waals surface area (Å²) >= 11 is 7.46. The Kier molecular flexibility index (Phi) is 4.48. The van der Waals surface area contributed by atoms with E-state index < -0.39 is 0 Å². The molecule has 4 rings (SSSR count). The number of aryl methyl sites for hydroxylation is 1. The molecule has 0 radical (unpaired) electrons. The number of fused-ring (bicyclic) bond motifs is 2. The van der Waals surface area contributed by atoms with Crippen molar-refractivity contribution in [1.82, 2.24) is 4.90 Å². The smallest absolute Gasteiger partial charge is 0.0825 e. The van der Waals surface area contributed by atoms with Gasteiger partial charge in [-0.1, -0.05) is 36.1 Å². The average molecular weight is 357 g/mol. The van der Waals surface area contributed by atoms with E-state index in [0.717, 1.165) is 37.7 Å². The molecule has 0 aromatic heterocycles. The van der Waals surface area contributed by atoms with Crippen LogP contribution in [0.15, 0.2) is 46.2 Å². The Morgan fingerprint density at radius 3 is 2.62 bits per heavy atom. The van der Waals surface area contributed by atoms with Gasteiger partial charge in [0.1, 0.15) is 0 Å². The first-order valence-electron chi connectivity index (χ1n) is 8.23. The van der Waals surface area contributed by atoms with Crippen LogP contribution in [0.25, 0.3) is 0 Å². The fourth-order valence-corrected chi connectivity index (χ4v) is 4.37. The molecule has 5 heteroatoms. The summed E-state index contributed by atoms with van der Waals surface area (Å²) in [6.45, 7) is 5.49. The molecule has 0 unspecified atom stereocenters. The quantitative estimate of drug-likeness (QED) is 0.686. The zero-order valence-corrected chi connectivity index (χ0v) is 15.3. The summed E-state index contributed by atoms with van der Waals surface area (Å²) in [6.07, 6.45) is 0.815. The fraction of sp³-hybridized carbons (Fsp3) is 0.316. The lowest BCUT2D eigenvalue weighted by molar-refractivity contribution is 0.0684. The second-order valence-electron chi connectivity index (χ2n) is 6.23. The van der Waals surface area contributed by atoms with Gasteiger partial charge in [-0.25, -0.2) is 0 Å². The van der Waals surface area contributed by atoms with E-state index in [1.807, 2.05) is 11.8 Å². The van der Waals surface area contributed by atoms with Gasteiger partial charge < -0.3 is 15.0 Å². The van der Waals surface area contributed by atoms with Crippen LogP contribution in [0.4, 0.5) is 11.4 Å². The summed E-state index contributed by atoms with van der Waals surface area (Å²) in [5.74, 6) is 0. The highest BCUT2D eigenvalue weighted by Gasteiger charge is 2.18. The maximum atomic E-state index is 5.64. The van der Waals surface area contributed by atoms with Crippen molar-refractivity contribution in [3.63, 3.8) is 0 Å². The van der Waals surface area contributed by atoms with Gasteiger partial charge in [0, 0.05) is 29.3 Å². The van der Waals surface area contributed by atoms with E-state index in [4.69, 9.17) is 17.0 Å². The number of hydrogen-bond acceptors (Lipinski definition) is 4. The Bertz CT molecular complexity index is 785. The fourth-order valence-electron chi connectivity index (χ4n) is 3.07. The molecule has 2 aliphatic rings. The van der Waals surface area contributed by atoms with Crippen LogP contribution < -0.4 is 5.32 Å². The minimum atomic E-state index is 0.776. The molecule has 0 amide bonds. The van der Waals surface area contributed by atoms with Crippen LogP contribution in [-0.4, -0.2) is 36.2 Å². The first kappa shape index (κ1) is 15.9. The van der Waals surface area contributed by atoms with Crippen molar-refractivity contribution in [2.45, 2.75) is 23.1 Å². The number of thiocarbonyl (C=S) groups is 1. The van der Waals surface area contributed by atoms with Gasteiger partial charge in [-0.2, -0.15) is 0 Å². The van der Waals surface area contributed by atoms with Gasteiger partial charge in [0.15, 0.2) is 0 Å². The molecule has 0 bridgehead atoms. The molecule has 2 heterocycles. The van der Waals surface area contributed by atoms with Crippen LogP contribution in [-0.2, 0) is 11.2 Å². The number of anilines is 2. The Balaban J connectivity index is 1.52. The highest BCUT2D eigenvalue weighted by atomic mass is 32.2. The summed E-state index contributed by atoms with van der Waals surface area (Å²) in [7, 11) is 0. The number of morpholine rings is 1. The van der Waals surface area contributed by atoms with Gasteiger partial charge in [-0.05, 0) is 42.3 Å².